The van der Waals surface area contributed by atoms with Crippen molar-refractivity contribution >= 4 is 5.82 Å². The molecule has 2 aliphatic heterocycles. The van der Waals surface area contributed by atoms with Crippen LogP contribution in [-0.2, 0) is 4.74 Å². The molecule has 5 rings (SSSR count). The molecule has 2 aliphatic rings. The fraction of sp³-hybridized carbons (Fsp3) is 0.435. The normalized spacial score (nSPS) is 27.8. The number of aromatic amines is 1. The van der Waals surface area contributed by atoms with E-state index in [4.69, 9.17) is 4.74 Å². The second kappa shape index (κ2) is 7.32. The van der Waals surface area contributed by atoms with Crippen LogP contribution in [0.25, 0.3) is 22.4 Å². The van der Waals surface area contributed by atoms with E-state index in [1.54, 1.807) is 18.5 Å². The van der Waals surface area contributed by atoms with Gasteiger partial charge in [-0.15, -0.1) is 10.2 Å². The molecule has 162 valence electrons. The van der Waals surface area contributed by atoms with Crippen LogP contribution in [0, 0.1) is 0 Å². The second-order valence-electron chi connectivity index (χ2n) is 9.41. The Balaban J connectivity index is 1.35. The van der Waals surface area contributed by atoms with Crippen LogP contribution in [0.3, 0.4) is 0 Å². The molecule has 8 heteroatoms. The number of phenols is 1. The van der Waals surface area contributed by atoms with Gasteiger partial charge in [0.05, 0.1) is 25.1 Å². The Morgan fingerprint density at radius 3 is 2.45 bits per heavy atom. The lowest BCUT2D eigenvalue weighted by Crippen LogP contribution is -2.70. The zero-order chi connectivity index (χ0) is 21.6. The Labute approximate surface area is 181 Å². The summed E-state index contributed by atoms with van der Waals surface area (Å²) in [5, 5.41) is 30.0. The number of nitrogens with zero attached hydrogens (tertiary/aromatic N) is 4. The predicted molar refractivity (Wildman–Crippen MR) is 119 cm³/mol. The number of fused-ring (bicyclic) bond motifs is 2. The Hall–Kier alpha value is -2.97. The fourth-order valence-corrected chi connectivity index (χ4v) is 5.09. The highest BCUT2D eigenvalue weighted by Gasteiger charge is 2.47. The monoisotopic (exact) mass is 420 g/mol. The number of aromatic nitrogens is 4. The molecule has 2 saturated heterocycles. The average molecular weight is 421 g/mol. The summed E-state index contributed by atoms with van der Waals surface area (Å²) in [4.78, 5) is 2.22. The summed E-state index contributed by atoms with van der Waals surface area (Å²) in [5.74, 6) is 0.998. The maximum atomic E-state index is 10.5. The van der Waals surface area contributed by atoms with Gasteiger partial charge in [0, 0.05) is 41.5 Å². The maximum absolute atomic E-state index is 10.5. The second-order valence-corrected chi connectivity index (χ2v) is 9.41. The highest BCUT2D eigenvalue weighted by Crippen LogP contribution is 2.37. The Morgan fingerprint density at radius 2 is 1.84 bits per heavy atom. The fourth-order valence-electron chi connectivity index (χ4n) is 5.09. The van der Waals surface area contributed by atoms with Gasteiger partial charge in [0.25, 0.3) is 0 Å². The number of phenolic OH excluding ortho intramolecular Hbond substituents is 1. The van der Waals surface area contributed by atoms with Gasteiger partial charge in [-0.1, -0.05) is 6.07 Å². The van der Waals surface area contributed by atoms with E-state index in [0.717, 1.165) is 43.0 Å². The van der Waals surface area contributed by atoms with E-state index in [0.29, 0.717) is 17.3 Å². The molecule has 3 atom stereocenters. The molecule has 0 radical (unpaired) electrons. The van der Waals surface area contributed by atoms with Crippen LogP contribution in [0.4, 0.5) is 5.82 Å². The first kappa shape index (κ1) is 20.0. The van der Waals surface area contributed by atoms with Crippen molar-refractivity contribution in [2.75, 3.05) is 25.2 Å². The lowest BCUT2D eigenvalue weighted by atomic mass is 9.76. The van der Waals surface area contributed by atoms with E-state index in [1.165, 1.54) is 0 Å². The number of aromatic hydroxyl groups is 1. The van der Waals surface area contributed by atoms with Crippen molar-refractivity contribution < 1.29 is 9.84 Å². The summed E-state index contributed by atoms with van der Waals surface area (Å²) in [5.41, 5.74) is 3.05. The lowest BCUT2D eigenvalue weighted by molar-refractivity contribution is -0.0628. The van der Waals surface area contributed by atoms with E-state index in [-0.39, 0.29) is 16.8 Å². The smallest absolute Gasteiger partial charge is 0.151 e. The minimum Gasteiger partial charge on any atom is -0.507 e. The number of morpholine rings is 1. The van der Waals surface area contributed by atoms with Gasteiger partial charge >= 0.3 is 0 Å². The molecule has 3 N–H and O–H groups in total. The number of hydrogen-bond donors (Lipinski definition) is 3. The molecule has 0 aliphatic carbocycles. The minimum atomic E-state index is -0.0277. The van der Waals surface area contributed by atoms with Gasteiger partial charge in [0.1, 0.15) is 5.75 Å². The van der Waals surface area contributed by atoms with Crippen molar-refractivity contribution in [3.63, 3.8) is 0 Å². The molecule has 0 unspecified atom stereocenters. The third kappa shape index (κ3) is 3.77. The average Bonchev–Trinajstić information content (AvgIpc) is 3.27. The zero-order valence-electron chi connectivity index (χ0n) is 18.1. The number of anilines is 1. The number of hydrogen-bond acceptors (Lipinski definition) is 7. The molecule has 31 heavy (non-hydrogen) atoms. The van der Waals surface area contributed by atoms with Crippen LogP contribution < -0.4 is 10.2 Å². The number of H-pyrrole nitrogens is 1. The summed E-state index contributed by atoms with van der Waals surface area (Å²) < 4.78 is 5.85. The molecule has 0 amide bonds. The number of nitrogens with one attached hydrogen (secondary N) is 2. The van der Waals surface area contributed by atoms with Crippen molar-refractivity contribution in [3.05, 3.63) is 42.7 Å². The zero-order valence-corrected chi connectivity index (χ0v) is 18.1. The molecule has 1 aromatic carbocycles. The number of rotatable bonds is 4. The highest BCUT2D eigenvalue weighted by molar-refractivity contribution is 5.73. The van der Waals surface area contributed by atoms with Gasteiger partial charge < -0.3 is 20.1 Å². The number of ether oxygens (including phenoxy) is 1. The van der Waals surface area contributed by atoms with E-state index in [2.05, 4.69) is 51.5 Å². The Kier molecular flexibility index (Phi) is 4.71. The first-order chi connectivity index (χ1) is 14.8. The minimum absolute atomic E-state index is 0.0277. The third-order valence-corrected chi connectivity index (χ3v) is 6.48. The molecule has 4 heterocycles. The topological polar surface area (TPSA) is 99.2 Å². The van der Waals surface area contributed by atoms with Gasteiger partial charge in [-0.3, -0.25) is 5.10 Å². The van der Waals surface area contributed by atoms with Crippen LogP contribution in [0.15, 0.2) is 42.7 Å². The van der Waals surface area contributed by atoms with Crippen LogP contribution in [0.2, 0.25) is 0 Å². The molecule has 3 aromatic rings. The van der Waals surface area contributed by atoms with Crippen LogP contribution in [-0.4, -0.2) is 62.9 Å². The van der Waals surface area contributed by atoms with Gasteiger partial charge in [-0.05, 0) is 56.5 Å². The van der Waals surface area contributed by atoms with Crippen molar-refractivity contribution in [1.29, 1.82) is 0 Å². The van der Waals surface area contributed by atoms with Crippen LogP contribution in [0.5, 0.6) is 5.75 Å². The van der Waals surface area contributed by atoms with Crippen LogP contribution in [0.1, 0.15) is 26.7 Å². The molecular formula is C23H28N6O2. The SMILES string of the molecule is CN(c1ccc(-c2ccc(-c3cn[nH]c3)cc2O)nn1)[C@H]1C[C@]2(C)COC[C@](C)(C1)N2. The van der Waals surface area contributed by atoms with E-state index < -0.39 is 0 Å². The summed E-state index contributed by atoms with van der Waals surface area (Å²) in [6, 6.07) is 9.77. The maximum Gasteiger partial charge on any atom is 0.151 e. The van der Waals surface area contributed by atoms with Crippen molar-refractivity contribution in [2.45, 2.75) is 43.8 Å². The molecular weight excluding hydrogens is 392 g/mol. The van der Waals surface area contributed by atoms with E-state index in [1.807, 2.05) is 24.3 Å². The van der Waals surface area contributed by atoms with Crippen molar-refractivity contribution in [2.24, 2.45) is 0 Å². The highest BCUT2D eigenvalue weighted by atomic mass is 16.5. The van der Waals surface area contributed by atoms with Crippen molar-refractivity contribution in [1.82, 2.24) is 25.7 Å². The molecule has 0 spiro atoms. The molecule has 8 nitrogen and oxygen atoms in total. The first-order valence-electron chi connectivity index (χ1n) is 10.6. The lowest BCUT2D eigenvalue weighted by Gasteiger charge is -2.54. The molecule has 0 saturated carbocycles. The Morgan fingerprint density at radius 1 is 1.06 bits per heavy atom. The number of benzene rings is 1. The predicted octanol–water partition coefficient (Wildman–Crippen LogP) is 2.98. The van der Waals surface area contributed by atoms with Crippen LogP contribution >= 0.6 is 0 Å². The van der Waals surface area contributed by atoms with Gasteiger partial charge in [0.15, 0.2) is 5.82 Å². The first-order valence-corrected chi connectivity index (χ1v) is 10.6. The quantitative estimate of drug-likeness (QED) is 0.597. The third-order valence-electron chi connectivity index (χ3n) is 6.48. The van der Waals surface area contributed by atoms with E-state index in [9.17, 15) is 5.11 Å². The molecule has 2 fully saturated rings. The van der Waals surface area contributed by atoms with Gasteiger partial charge in [-0.25, -0.2) is 0 Å². The summed E-state index contributed by atoms with van der Waals surface area (Å²) in [7, 11) is 2.08. The Bertz CT molecular complexity index is 1050. The van der Waals surface area contributed by atoms with Gasteiger partial charge in [0.2, 0.25) is 0 Å². The summed E-state index contributed by atoms with van der Waals surface area (Å²) in [6.07, 6.45) is 5.49. The summed E-state index contributed by atoms with van der Waals surface area (Å²) >= 11 is 0. The van der Waals surface area contributed by atoms with E-state index >= 15 is 0 Å². The van der Waals surface area contributed by atoms with Gasteiger partial charge in [-0.2, -0.15) is 5.10 Å². The standard InChI is InChI=1S/C23H28N6O2/c1-22-9-17(10-23(2,28-22)14-31-13-22)29(3)21-7-6-19(26-27-21)18-5-4-15(8-20(18)30)16-11-24-25-12-16/h4-8,11-12,17,28,30H,9-10,13-14H2,1-3H3,(H,24,25)/t17-,22+,23-. The molecule has 2 aromatic heterocycles. The van der Waals surface area contributed by atoms with Crippen molar-refractivity contribution in [3.8, 4) is 28.1 Å². The molecule has 2 bridgehead atoms. The summed E-state index contributed by atoms with van der Waals surface area (Å²) in [6.45, 7) is 5.92. The number of piperidine rings is 1. The largest absolute Gasteiger partial charge is 0.507 e.